The minimum atomic E-state index is -0.111. The number of nitrogens with zero attached hydrogens (tertiary/aromatic N) is 3. The standard InChI is InChI=1S/C15H18N4O/c1-11-4-8-19(9-5-11)15-17-13(10-14(20)18-15)12-2-6-16-7-3-12/h2-3,6-7,10-11H,4-5,8-9H2,1H3,(H,17,18,20). The van der Waals surface area contributed by atoms with Crippen molar-refractivity contribution in [3.8, 4) is 11.3 Å². The number of aromatic amines is 1. The number of piperidine rings is 1. The fourth-order valence-electron chi connectivity index (χ4n) is 2.49. The molecule has 3 heterocycles. The van der Waals surface area contributed by atoms with E-state index < -0.39 is 0 Å². The molecule has 0 radical (unpaired) electrons. The Balaban J connectivity index is 1.93. The molecule has 1 saturated heterocycles. The predicted molar refractivity (Wildman–Crippen MR) is 78.7 cm³/mol. The van der Waals surface area contributed by atoms with Gasteiger partial charge in [0.1, 0.15) is 0 Å². The van der Waals surface area contributed by atoms with Gasteiger partial charge in [-0.15, -0.1) is 0 Å². The molecule has 5 nitrogen and oxygen atoms in total. The molecule has 1 fully saturated rings. The number of rotatable bonds is 2. The highest BCUT2D eigenvalue weighted by Gasteiger charge is 2.18. The maximum absolute atomic E-state index is 11.9. The molecule has 1 aliphatic heterocycles. The van der Waals surface area contributed by atoms with Crippen molar-refractivity contribution in [1.82, 2.24) is 15.0 Å². The van der Waals surface area contributed by atoms with Crippen LogP contribution in [0.1, 0.15) is 19.8 Å². The molecule has 0 amide bonds. The molecule has 0 bridgehead atoms. The summed E-state index contributed by atoms with van der Waals surface area (Å²) in [7, 11) is 0. The molecule has 3 rings (SSSR count). The fourth-order valence-corrected chi connectivity index (χ4v) is 2.49. The van der Waals surface area contributed by atoms with E-state index in [9.17, 15) is 4.79 Å². The summed E-state index contributed by atoms with van der Waals surface area (Å²) < 4.78 is 0. The maximum atomic E-state index is 11.9. The van der Waals surface area contributed by atoms with E-state index in [4.69, 9.17) is 0 Å². The Morgan fingerprint density at radius 1 is 1.25 bits per heavy atom. The van der Waals surface area contributed by atoms with Crippen molar-refractivity contribution in [2.75, 3.05) is 18.0 Å². The summed E-state index contributed by atoms with van der Waals surface area (Å²) >= 11 is 0. The van der Waals surface area contributed by atoms with Crippen LogP contribution < -0.4 is 10.5 Å². The third-order valence-electron chi connectivity index (χ3n) is 3.79. The summed E-state index contributed by atoms with van der Waals surface area (Å²) in [6.07, 6.45) is 5.70. The van der Waals surface area contributed by atoms with Gasteiger partial charge >= 0.3 is 0 Å². The average Bonchev–Trinajstić information content (AvgIpc) is 2.48. The van der Waals surface area contributed by atoms with E-state index >= 15 is 0 Å². The van der Waals surface area contributed by atoms with Crippen molar-refractivity contribution in [3.63, 3.8) is 0 Å². The van der Waals surface area contributed by atoms with Crippen molar-refractivity contribution in [2.45, 2.75) is 19.8 Å². The second-order valence-corrected chi connectivity index (χ2v) is 5.36. The Morgan fingerprint density at radius 3 is 2.65 bits per heavy atom. The van der Waals surface area contributed by atoms with Crippen molar-refractivity contribution >= 4 is 5.95 Å². The third-order valence-corrected chi connectivity index (χ3v) is 3.79. The van der Waals surface area contributed by atoms with Crippen LogP contribution in [0, 0.1) is 5.92 Å². The molecule has 20 heavy (non-hydrogen) atoms. The molecule has 0 unspecified atom stereocenters. The number of hydrogen-bond donors (Lipinski definition) is 1. The topological polar surface area (TPSA) is 61.9 Å². The lowest BCUT2D eigenvalue weighted by molar-refractivity contribution is 0.434. The van der Waals surface area contributed by atoms with E-state index in [1.807, 2.05) is 12.1 Å². The Kier molecular flexibility index (Phi) is 3.50. The quantitative estimate of drug-likeness (QED) is 0.907. The van der Waals surface area contributed by atoms with Crippen LogP contribution in [-0.4, -0.2) is 28.0 Å². The molecule has 1 N–H and O–H groups in total. The van der Waals surface area contributed by atoms with Gasteiger partial charge in [-0.3, -0.25) is 14.8 Å². The second kappa shape index (κ2) is 5.45. The highest BCUT2D eigenvalue weighted by molar-refractivity contribution is 5.59. The molecule has 0 spiro atoms. The number of pyridine rings is 1. The molecular formula is C15H18N4O. The normalized spacial score (nSPS) is 16.4. The lowest BCUT2D eigenvalue weighted by Gasteiger charge is -2.30. The highest BCUT2D eigenvalue weighted by atomic mass is 16.1. The van der Waals surface area contributed by atoms with E-state index in [0.717, 1.165) is 37.4 Å². The van der Waals surface area contributed by atoms with Crippen LogP contribution >= 0.6 is 0 Å². The van der Waals surface area contributed by atoms with Crippen LogP contribution in [0.5, 0.6) is 0 Å². The maximum Gasteiger partial charge on any atom is 0.252 e. The number of anilines is 1. The van der Waals surface area contributed by atoms with Gasteiger partial charge < -0.3 is 4.90 Å². The van der Waals surface area contributed by atoms with Crippen molar-refractivity contribution in [3.05, 3.63) is 40.9 Å². The monoisotopic (exact) mass is 270 g/mol. The van der Waals surface area contributed by atoms with Gasteiger partial charge in [0.05, 0.1) is 5.69 Å². The summed E-state index contributed by atoms with van der Waals surface area (Å²) in [5.41, 5.74) is 1.50. The zero-order valence-corrected chi connectivity index (χ0v) is 11.5. The molecule has 0 aromatic carbocycles. The van der Waals surface area contributed by atoms with E-state index in [1.54, 1.807) is 12.4 Å². The molecule has 104 valence electrons. The van der Waals surface area contributed by atoms with Gasteiger partial charge in [-0.2, -0.15) is 0 Å². The summed E-state index contributed by atoms with van der Waals surface area (Å²) in [6, 6.07) is 5.26. The van der Waals surface area contributed by atoms with E-state index in [-0.39, 0.29) is 5.56 Å². The van der Waals surface area contributed by atoms with E-state index in [0.29, 0.717) is 11.6 Å². The van der Waals surface area contributed by atoms with Crippen LogP contribution in [0.15, 0.2) is 35.4 Å². The second-order valence-electron chi connectivity index (χ2n) is 5.36. The van der Waals surface area contributed by atoms with Gasteiger partial charge in [0.25, 0.3) is 5.56 Å². The Bertz CT molecular complexity index is 630. The smallest absolute Gasteiger partial charge is 0.252 e. The number of nitrogens with one attached hydrogen (secondary N) is 1. The number of hydrogen-bond acceptors (Lipinski definition) is 4. The summed E-state index contributed by atoms with van der Waals surface area (Å²) in [4.78, 5) is 25.4. The molecule has 2 aromatic heterocycles. The molecule has 0 saturated carbocycles. The third kappa shape index (κ3) is 2.71. The van der Waals surface area contributed by atoms with E-state index in [1.165, 1.54) is 6.07 Å². The van der Waals surface area contributed by atoms with Crippen LogP contribution in [0.3, 0.4) is 0 Å². The van der Waals surface area contributed by atoms with Gasteiger partial charge in [-0.05, 0) is 30.9 Å². The first-order valence-corrected chi connectivity index (χ1v) is 6.99. The minimum absolute atomic E-state index is 0.111. The first-order valence-electron chi connectivity index (χ1n) is 6.99. The Morgan fingerprint density at radius 2 is 1.95 bits per heavy atom. The molecule has 2 aromatic rings. The first kappa shape index (κ1) is 12.8. The summed E-state index contributed by atoms with van der Waals surface area (Å²) in [5.74, 6) is 1.43. The van der Waals surface area contributed by atoms with Crippen molar-refractivity contribution < 1.29 is 0 Å². The molecular weight excluding hydrogens is 252 g/mol. The summed E-state index contributed by atoms with van der Waals surface area (Å²) in [6.45, 7) is 4.16. The van der Waals surface area contributed by atoms with Crippen LogP contribution in [0.4, 0.5) is 5.95 Å². The Hall–Kier alpha value is -2.17. The highest BCUT2D eigenvalue weighted by Crippen LogP contribution is 2.21. The van der Waals surface area contributed by atoms with Gasteiger partial charge in [0.15, 0.2) is 0 Å². The predicted octanol–water partition coefficient (Wildman–Crippen LogP) is 2.07. The minimum Gasteiger partial charge on any atom is -0.342 e. The lowest BCUT2D eigenvalue weighted by atomic mass is 10.00. The fraction of sp³-hybridized carbons (Fsp3) is 0.400. The lowest BCUT2D eigenvalue weighted by Crippen LogP contribution is -2.35. The number of H-pyrrole nitrogens is 1. The molecule has 5 heteroatoms. The zero-order valence-electron chi connectivity index (χ0n) is 11.5. The van der Waals surface area contributed by atoms with E-state index in [2.05, 4.69) is 26.8 Å². The van der Waals surface area contributed by atoms with Gasteiger partial charge in [0.2, 0.25) is 5.95 Å². The zero-order chi connectivity index (χ0) is 13.9. The summed E-state index contributed by atoms with van der Waals surface area (Å²) in [5, 5.41) is 0. The molecule has 0 atom stereocenters. The SMILES string of the molecule is CC1CCN(c2nc(-c3ccncc3)cc(=O)[nH]2)CC1. The van der Waals surface area contributed by atoms with Crippen LogP contribution in [0.2, 0.25) is 0 Å². The van der Waals surface area contributed by atoms with Crippen LogP contribution in [0.25, 0.3) is 11.3 Å². The Labute approximate surface area is 117 Å². The van der Waals surface area contributed by atoms with Crippen molar-refractivity contribution in [2.24, 2.45) is 5.92 Å². The first-order chi connectivity index (χ1) is 9.72. The molecule has 0 aliphatic carbocycles. The van der Waals surface area contributed by atoms with Gasteiger partial charge in [-0.1, -0.05) is 6.92 Å². The largest absolute Gasteiger partial charge is 0.342 e. The average molecular weight is 270 g/mol. The van der Waals surface area contributed by atoms with Crippen molar-refractivity contribution in [1.29, 1.82) is 0 Å². The number of aromatic nitrogens is 3. The van der Waals surface area contributed by atoms with Gasteiger partial charge in [-0.25, -0.2) is 4.98 Å². The van der Waals surface area contributed by atoms with Gasteiger partial charge in [0, 0.05) is 37.1 Å². The van der Waals surface area contributed by atoms with Crippen LogP contribution in [-0.2, 0) is 0 Å². The molecule has 1 aliphatic rings.